The minimum absolute atomic E-state index is 0.145. The molecule has 0 radical (unpaired) electrons. The van der Waals surface area contributed by atoms with E-state index >= 15 is 0 Å². The van der Waals surface area contributed by atoms with Gasteiger partial charge in [-0.3, -0.25) is 4.79 Å². The number of aromatic amines is 1. The second-order valence-electron chi connectivity index (χ2n) is 6.13. The summed E-state index contributed by atoms with van der Waals surface area (Å²) in [7, 11) is 0. The summed E-state index contributed by atoms with van der Waals surface area (Å²) in [5, 5.41) is 12.4. The molecular weight excluding hydrogens is 304 g/mol. The molecule has 24 heavy (non-hydrogen) atoms. The van der Waals surface area contributed by atoms with Gasteiger partial charge in [0.05, 0.1) is 11.1 Å². The Morgan fingerprint density at radius 2 is 2.21 bits per heavy atom. The molecule has 4 rings (SSSR count). The van der Waals surface area contributed by atoms with E-state index < -0.39 is 0 Å². The third-order valence-electron chi connectivity index (χ3n) is 4.23. The van der Waals surface area contributed by atoms with Gasteiger partial charge < -0.3 is 15.4 Å². The number of H-pyrrole nitrogens is 1. The number of nitrogens with one attached hydrogen (secondary N) is 2. The summed E-state index contributed by atoms with van der Waals surface area (Å²) in [6.45, 7) is 0.496. The van der Waals surface area contributed by atoms with Crippen molar-refractivity contribution in [3.63, 3.8) is 0 Å². The summed E-state index contributed by atoms with van der Waals surface area (Å²) in [6, 6.07) is 8.76. The van der Waals surface area contributed by atoms with Crippen LogP contribution in [0.1, 0.15) is 40.5 Å². The number of rotatable bonds is 5. The van der Waals surface area contributed by atoms with Crippen LogP contribution in [0.5, 0.6) is 5.75 Å². The van der Waals surface area contributed by atoms with Crippen molar-refractivity contribution in [2.24, 2.45) is 0 Å². The first-order chi connectivity index (χ1) is 11.7. The Bertz CT molecular complexity index is 899. The van der Waals surface area contributed by atoms with Crippen LogP contribution >= 0.6 is 0 Å². The molecule has 3 N–H and O–H groups in total. The lowest BCUT2D eigenvalue weighted by atomic mass is 10.1. The standard InChI is InChI=1S/C18H18N4O2/c23-13-3-1-2-11(10-13)6-8-20-18(24)14-7-9-19-17-15(14)21-16(22-17)12-4-5-12/h1-3,7,9-10,12,23H,4-6,8H2,(H,20,24)(H,19,21,22). The highest BCUT2D eigenvalue weighted by atomic mass is 16.3. The Kier molecular flexibility index (Phi) is 3.65. The molecule has 2 heterocycles. The Hall–Kier alpha value is -2.89. The molecule has 2 aromatic heterocycles. The van der Waals surface area contributed by atoms with Crippen LogP contribution in [0.4, 0.5) is 0 Å². The topological polar surface area (TPSA) is 90.9 Å². The first-order valence-electron chi connectivity index (χ1n) is 8.11. The van der Waals surface area contributed by atoms with Crippen molar-refractivity contribution in [1.82, 2.24) is 20.3 Å². The first-order valence-corrected chi connectivity index (χ1v) is 8.11. The molecule has 1 aromatic carbocycles. The zero-order valence-electron chi connectivity index (χ0n) is 13.1. The number of nitrogens with zero attached hydrogens (tertiary/aromatic N) is 2. The highest BCUT2D eigenvalue weighted by molar-refractivity contribution is 6.04. The number of aromatic hydroxyl groups is 1. The largest absolute Gasteiger partial charge is 0.508 e. The van der Waals surface area contributed by atoms with E-state index in [1.54, 1.807) is 30.5 Å². The molecular formula is C18H18N4O2. The normalized spacial score (nSPS) is 14.0. The van der Waals surface area contributed by atoms with Crippen molar-refractivity contribution in [3.8, 4) is 5.75 Å². The van der Waals surface area contributed by atoms with Gasteiger partial charge in [0.2, 0.25) is 0 Å². The number of fused-ring (bicyclic) bond motifs is 1. The lowest BCUT2D eigenvalue weighted by Crippen LogP contribution is -2.26. The average Bonchev–Trinajstić information content (AvgIpc) is 3.33. The SMILES string of the molecule is O=C(NCCc1cccc(O)c1)c1ccnc2nc(C3CC3)[nH]c12. The molecule has 1 fully saturated rings. The number of aromatic nitrogens is 3. The molecule has 1 amide bonds. The van der Waals surface area contributed by atoms with E-state index in [1.807, 2.05) is 6.07 Å². The van der Waals surface area contributed by atoms with Crippen LogP contribution in [-0.4, -0.2) is 32.5 Å². The van der Waals surface area contributed by atoms with Gasteiger partial charge in [0, 0.05) is 18.7 Å². The number of pyridine rings is 1. The van der Waals surface area contributed by atoms with Gasteiger partial charge in [0.1, 0.15) is 11.6 Å². The van der Waals surface area contributed by atoms with Gasteiger partial charge in [-0.2, -0.15) is 0 Å². The Morgan fingerprint density at radius 1 is 1.33 bits per heavy atom. The number of imidazole rings is 1. The van der Waals surface area contributed by atoms with Gasteiger partial charge in [-0.15, -0.1) is 0 Å². The highest BCUT2D eigenvalue weighted by Gasteiger charge is 2.27. The number of phenols is 1. The van der Waals surface area contributed by atoms with Crippen molar-refractivity contribution in [2.45, 2.75) is 25.2 Å². The lowest BCUT2D eigenvalue weighted by molar-refractivity contribution is 0.0955. The first kappa shape index (κ1) is 14.7. The molecule has 0 unspecified atom stereocenters. The molecule has 0 aliphatic heterocycles. The Morgan fingerprint density at radius 3 is 3.00 bits per heavy atom. The van der Waals surface area contributed by atoms with Crippen LogP contribution in [0.2, 0.25) is 0 Å². The maximum Gasteiger partial charge on any atom is 0.253 e. The fourth-order valence-corrected chi connectivity index (χ4v) is 2.80. The molecule has 1 saturated carbocycles. The van der Waals surface area contributed by atoms with Crippen LogP contribution < -0.4 is 5.32 Å². The molecule has 1 aliphatic carbocycles. The van der Waals surface area contributed by atoms with Crippen LogP contribution in [0.15, 0.2) is 36.5 Å². The quantitative estimate of drug-likeness (QED) is 0.673. The average molecular weight is 322 g/mol. The second kappa shape index (κ2) is 5.96. The number of amides is 1. The van der Waals surface area contributed by atoms with E-state index in [9.17, 15) is 9.90 Å². The number of carbonyl (C=O) groups excluding carboxylic acids is 1. The molecule has 122 valence electrons. The third kappa shape index (κ3) is 2.95. The minimum atomic E-state index is -0.145. The number of phenolic OH excluding ortho intramolecular Hbond substituents is 1. The summed E-state index contributed by atoms with van der Waals surface area (Å²) in [4.78, 5) is 24.5. The van der Waals surface area contributed by atoms with E-state index in [-0.39, 0.29) is 11.7 Å². The fraction of sp³-hybridized carbons (Fsp3) is 0.278. The summed E-state index contributed by atoms with van der Waals surface area (Å²) >= 11 is 0. The molecule has 6 nitrogen and oxygen atoms in total. The van der Waals surface area contributed by atoms with Crippen molar-refractivity contribution in [1.29, 1.82) is 0 Å². The zero-order chi connectivity index (χ0) is 16.5. The van der Waals surface area contributed by atoms with Gasteiger partial charge in [0.25, 0.3) is 5.91 Å². The maximum absolute atomic E-state index is 12.5. The summed E-state index contributed by atoms with van der Waals surface area (Å²) in [6.07, 6.45) is 4.56. The van der Waals surface area contributed by atoms with E-state index in [1.165, 1.54) is 0 Å². The van der Waals surface area contributed by atoms with Crippen LogP contribution in [0.3, 0.4) is 0 Å². The molecule has 3 aromatic rings. The molecule has 0 atom stereocenters. The predicted molar refractivity (Wildman–Crippen MR) is 90.0 cm³/mol. The van der Waals surface area contributed by atoms with Crippen LogP contribution in [0, 0.1) is 0 Å². The number of carbonyl (C=O) groups is 1. The summed E-state index contributed by atoms with van der Waals surface area (Å²) in [5.74, 6) is 1.51. The van der Waals surface area contributed by atoms with Crippen molar-refractivity contribution < 1.29 is 9.90 Å². The van der Waals surface area contributed by atoms with E-state index in [4.69, 9.17) is 0 Å². The summed E-state index contributed by atoms with van der Waals surface area (Å²) < 4.78 is 0. The van der Waals surface area contributed by atoms with Crippen LogP contribution in [0.25, 0.3) is 11.2 Å². The zero-order valence-corrected chi connectivity index (χ0v) is 13.1. The van der Waals surface area contributed by atoms with E-state index in [0.29, 0.717) is 35.6 Å². The van der Waals surface area contributed by atoms with Crippen LogP contribution in [-0.2, 0) is 6.42 Å². The van der Waals surface area contributed by atoms with Crippen molar-refractivity contribution in [3.05, 3.63) is 53.5 Å². The Balaban J connectivity index is 1.47. The second-order valence-corrected chi connectivity index (χ2v) is 6.13. The van der Waals surface area contributed by atoms with E-state index in [0.717, 1.165) is 24.2 Å². The predicted octanol–water partition coefficient (Wildman–Crippen LogP) is 2.51. The monoisotopic (exact) mass is 322 g/mol. The van der Waals surface area contributed by atoms with Gasteiger partial charge in [0.15, 0.2) is 5.65 Å². The van der Waals surface area contributed by atoms with Gasteiger partial charge in [-0.05, 0) is 43.0 Å². The number of hydrogen-bond acceptors (Lipinski definition) is 4. The summed E-state index contributed by atoms with van der Waals surface area (Å²) in [5.41, 5.74) is 2.84. The fourth-order valence-electron chi connectivity index (χ4n) is 2.80. The molecule has 6 heteroatoms. The maximum atomic E-state index is 12.5. The smallest absolute Gasteiger partial charge is 0.253 e. The van der Waals surface area contributed by atoms with E-state index in [2.05, 4.69) is 20.3 Å². The van der Waals surface area contributed by atoms with Gasteiger partial charge in [-0.1, -0.05) is 12.1 Å². The molecule has 0 bridgehead atoms. The van der Waals surface area contributed by atoms with Gasteiger partial charge in [-0.25, -0.2) is 9.97 Å². The van der Waals surface area contributed by atoms with Crippen molar-refractivity contribution >= 4 is 17.1 Å². The lowest BCUT2D eigenvalue weighted by Gasteiger charge is -2.06. The molecule has 0 spiro atoms. The minimum Gasteiger partial charge on any atom is -0.508 e. The number of hydrogen-bond donors (Lipinski definition) is 3. The number of benzene rings is 1. The molecule has 1 aliphatic rings. The highest BCUT2D eigenvalue weighted by Crippen LogP contribution is 2.39. The third-order valence-corrected chi connectivity index (χ3v) is 4.23. The Labute approximate surface area is 139 Å². The van der Waals surface area contributed by atoms with Crippen molar-refractivity contribution in [2.75, 3.05) is 6.54 Å². The molecule has 0 saturated heterocycles. The van der Waals surface area contributed by atoms with Gasteiger partial charge >= 0.3 is 0 Å².